The number of hydrogen-bond donors (Lipinski definition) is 4. The summed E-state index contributed by atoms with van der Waals surface area (Å²) in [7, 11) is 3.37. The van der Waals surface area contributed by atoms with Gasteiger partial charge in [-0.15, -0.1) is 11.3 Å². The molecule has 1 heterocycles. The van der Waals surface area contributed by atoms with Crippen molar-refractivity contribution in [1.29, 1.82) is 0 Å². The lowest BCUT2D eigenvalue weighted by atomic mass is 9.91. The zero-order chi connectivity index (χ0) is 42.5. The molecule has 312 valence electrons. The summed E-state index contributed by atoms with van der Waals surface area (Å²) in [5.74, 6) is -1.50. The number of aliphatic hydroxyl groups is 1. The fraction of sp³-hybridized carbons (Fsp3) is 0.442. The summed E-state index contributed by atoms with van der Waals surface area (Å²) >= 11 is 1.31. The van der Waals surface area contributed by atoms with Crippen LogP contribution in [-0.4, -0.2) is 84.1 Å². The molecule has 0 saturated heterocycles. The molecular weight excluding hydrogens is 751 g/mol. The van der Waals surface area contributed by atoms with E-state index in [0.29, 0.717) is 66.0 Å². The third-order valence-corrected chi connectivity index (χ3v) is 10.7. The van der Waals surface area contributed by atoms with Crippen molar-refractivity contribution in [3.05, 3.63) is 107 Å². The molecule has 1 aromatic heterocycles. The number of nitrogens with one attached hydrogen (secondary N) is 3. The Balaban J connectivity index is 2.95. The van der Waals surface area contributed by atoms with Gasteiger partial charge in [-0.05, 0) is 107 Å². The maximum atomic E-state index is 15.1. The van der Waals surface area contributed by atoms with Crippen molar-refractivity contribution in [3.63, 3.8) is 0 Å². The van der Waals surface area contributed by atoms with E-state index >= 15 is 9.18 Å². The number of amides is 4. The average Bonchev–Trinajstić information content (AvgIpc) is 3.55. The van der Waals surface area contributed by atoms with E-state index < -0.39 is 35.8 Å². The Morgan fingerprint density at radius 1 is 1.11 bits per heavy atom. The van der Waals surface area contributed by atoms with Crippen molar-refractivity contribution >= 4 is 45.5 Å². The molecule has 4 amide bonds. The summed E-state index contributed by atoms with van der Waals surface area (Å²) in [5, 5.41) is 19.3. The highest BCUT2D eigenvalue weighted by Crippen LogP contribution is 2.41. The van der Waals surface area contributed by atoms with Crippen molar-refractivity contribution < 1.29 is 33.0 Å². The van der Waals surface area contributed by atoms with Crippen molar-refractivity contribution in [2.45, 2.75) is 97.9 Å². The van der Waals surface area contributed by atoms with Gasteiger partial charge in [-0.2, -0.15) is 0 Å². The topological polar surface area (TPSA) is 136 Å². The van der Waals surface area contributed by atoms with Gasteiger partial charge in [-0.25, -0.2) is 13.6 Å². The molecule has 14 heteroatoms. The molecule has 11 nitrogen and oxygen atoms in total. The molecule has 57 heavy (non-hydrogen) atoms. The van der Waals surface area contributed by atoms with Crippen molar-refractivity contribution in [3.8, 4) is 0 Å². The maximum absolute atomic E-state index is 15.1. The Labute approximate surface area is 341 Å². The first-order valence-corrected chi connectivity index (χ1v) is 19.9. The van der Waals surface area contributed by atoms with E-state index in [2.05, 4.69) is 34.1 Å². The van der Waals surface area contributed by atoms with Crippen LogP contribution in [0.2, 0.25) is 0 Å². The van der Waals surface area contributed by atoms with Crippen LogP contribution < -0.4 is 16.0 Å². The zero-order valence-corrected chi connectivity index (χ0v) is 35.2. The summed E-state index contributed by atoms with van der Waals surface area (Å²) in [6.45, 7) is 17.0. The van der Waals surface area contributed by atoms with Crippen LogP contribution in [0.4, 0.5) is 18.6 Å². The lowest BCUT2D eigenvalue weighted by Gasteiger charge is -2.34. The molecule has 0 aromatic carbocycles. The number of ether oxygens (including phenoxy) is 1. The van der Waals surface area contributed by atoms with Gasteiger partial charge in [0.15, 0.2) is 0 Å². The second-order valence-electron chi connectivity index (χ2n) is 13.5. The first kappa shape index (κ1) is 48.4. The fourth-order valence-corrected chi connectivity index (χ4v) is 7.35. The summed E-state index contributed by atoms with van der Waals surface area (Å²) in [6.07, 6.45) is 16.8. The molecule has 1 saturated carbocycles. The number of carbonyl (C=O) groups is 3. The van der Waals surface area contributed by atoms with Gasteiger partial charge in [-0.1, -0.05) is 45.2 Å². The van der Waals surface area contributed by atoms with Gasteiger partial charge in [-0.3, -0.25) is 24.4 Å². The number of nitrogens with zero attached hydrogens (tertiary/aromatic N) is 3. The van der Waals surface area contributed by atoms with Crippen LogP contribution >= 0.6 is 11.3 Å². The normalized spacial score (nSPS) is 17.9. The highest BCUT2D eigenvalue weighted by atomic mass is 32.1. The van der Waals surface area contributed by atoms with Crippen molar-refractivity contribution in [1.82, 2.24) is 20.4 Å². The van der Waals surface area contributed by atoms with Crippen molar-refractivity contribution in [2.24, 2.45) is 4.99 Å². The van der Waals surface area contributed by atoms with E-state index in [0.717, 1.165) is 29.0 Å². The smallest absolute Gasteiger partial charge is 0.321 e. The van der Waals surface area contributed by atoms with Crippen LogP contribution in [0.5, 0.6) is 0 Å². The maximum Gasteiger partial charge on any atom is 0.321 e. The molecular formula is C43H60F2N6O5S. The van der Waals surface area contributed by atoms with Crippen LogP contribution in [0.25, 0.3) is 5.57 Å². The Bertz CT molecular complexity index is 1770. The van der Waals surface area contributed by atoms with Gasteiger partial charge in [0.2, 0.25) is 5.91 Å². The van der Waals surface area contributed by atoms with Gasteiger partial charge in [0, 0.05) is 56.0 Å². The SMILES string of the molecule is C=CC(=N/C=C\CC)C(C)N(C)Cc1c(/C(=C/C=C(\C=C)NC(=O)NCOC)CC)sc(NC/C(C)=C(F)/C=C\C=C\F)c1C(=O)N(C(C)=O)C1CCC(O)CC1. The number of urea groups is 1. The van der Waals surface area contributed by atoms with E-state index in [1.807, 2.05) is 44.9 Å². The highest BCUT2D eigenvalue weighted by molar-refractivity contribution is 7.17. The molecule has 1 atom stereocenters. The Hall–Kier alpha value is -4.76. The monoisotopic (exact) mass is 810 g/mol. The van der Waals surface area contributed by atoms with Gasteiger partial charge < -0.3 is 25.8 Å². The Kier molecular flexibility index (Phi) is 21.6. The molecule has 0 aliphatic heterocycles. The molecule has 4 N–H and O–H groups in total. The fourth-order valence-electron chi connectivity index (χ4n) is 6.06. The minimum Gasteiger partial charge on any atom is -0.393 e. The van der Waals surface area contributed by atoms with Crippen LogP contribution in [0.15, 0.2) is 96.4 Å². The largest absolute Gasteiger partial charge is 0.393 e. The first-order valence-electron chi connectivity index (χ1n) is 19.1. The number of hydrogen-bond acceptors (Lipinski definition) is 9. The first-order chi connectivity index (χ1) is 27.3. The molecule has 1 aromatic rings. The van der Waals surface area contributed by atoms with Gasteiger partial charge in [0.1, 0.15) is 17.6 Å². The summed E-state index contributed by atoms with van der Waals surface area (Å²) < 4.78 is 32.5. The number of thiophene rings is 1. The van der Waals surface area contributed by atoms with Gasteiger partial charge in [0.25, 0.3) is 5.91 Å². The van der Waals surface area contributed by atoms with E-state index in [-0.39, 0.29) is 31.4 Å². The molecule has 1 aliphatic carbocycles. The second-order valence-corrected chi connectivity index (χ2v) is 14.5. The van der Waals surface area contributed by atoms with E-state index in [9.17, 15) is 19.1 Å². The zero-order valence-electron chi connectivity index (χ0n) is 34.4. The van der Waals surface area contributed by atoms with Gasteiger partial charge >= 0.3 is 6.03 Å². The highest BCUT2D eigenvalue weighted by Gasteiger charge is 2.36. The molecule has 0 radical (unpaired) electrons. The number of aliphatic hydroxyl groups excluding tert-OH is 1. The van der Waals surface area contributed by atoms with E-state index in [1.165, 1.54) is 42.4 Å². The number of anilines is 1. The molecule has 2 rings (SSSR count). The minimum absolute atomic E-state index is 0.000345. The number of carbonyl (C=O) groups excluding carboxylic acids is 3. The van der Waals surface area contributed by atoms with Gasteiger partial charge in [0.05, 0.1) is 23.7 Å². The predicted molar refractivity (Wildman–Crippen MR) is 229 cm³/mol. The van der Waals surface area contributed by atoms with E-state index in [4.69, 9.17) is 4.74 Å². The number of halogens is 2. The van der Waals surface area contributed by atoms with Crippen LogP contribution in [0.1, 0.15) is 93.9 Å². The predicted octanol–water partition coefficient (Wildman–Crippen LogP) is 8.87. The quantitative estimate of drug-likeness (QED) is 0.0554. The van der Waals surface area contributed by atoms with Crippen LogP contribution in [0, 0.1) is 0 Å². The minimum atomic E-state index is -0.572. The van der Waals surface area contributed by atoms with E-state index in [1.54, 1.807) is 25.3 Å². The number of allylic oxidation sites excluding steroid dienone is 9. The molecule has 0 bridgehead atoms. The third-order valence-electron chi connectivity index (χ3n) is 9.42. The Morgan fingerprint density at radius 2 is 1.81 bits per heavy atom. The third kappa shape index (κ3) is 14.9. The standard InChI is InChI=1S/C43H60F2N6O5S/c1-10-14-25-46-38(13-4)30(6)50(8)27-36-39(42(54)51(31(7)52)34-20-22-35(53)23-21-34)41(47-26-29(5)37(45)17-15-16-24-44)57-40(36)32(11-2)18-19-33(12-3)49-43(55)48-28-56-9/h12-19,24-25,30,34-35,47,53H,3-4,10-11,20-23,26-28H2,1-2,5-9H3,(H2,48,49,55)/b17-15-,24-16+,25-14-,32-18+,33-19+,37-29-,46-38?. The number of rotatable bonds is 21. The van der Waals surface area contributed by atoms with Crippen molar-refractivity contribution in [2.75, 3.05) is 32.7 Å². The summed E-state index contributed by atoms with van der Waals surface area (Å²) in [5.41, 5.74) is 3.15. The second kappa shape index (κ2) is 25.5. The number of methoxy groups -OCH3 is 1. The average molecular weight is 811 g/mol. The molecule has 1 fully saturated rings. The number of imide groups is 1. The lowest BCUT2D eigenvalue weighted by molar-refractivity contribution is -0.129. The Morgan fingerprint density at radius 3 is 2.39 bits per heavy atom. The molecule has 0 spiro atoms. The molecule has 1 unspecified atom stereocenters. The summed E-state index contributed by atoms with van der Waals surface area (Å²) in [6, 6.07) is -1.16. The molecule has 1 aliphatic rings. The number of aliphatic imine (C=N–C) groups is 1. The van der Waals surface area contributed by atoms with Crippen LogP contribution in [0.3, 0.4) is 0 Å². The van der Waals surface area contributed by atoms with Crippen LogP contribution in [-0.2, 0) is 16.1 Å². The summed E-state index contributed by atoms with van der Waals surface area (Å²) in [4.78, 5) is 49.5. The lowest BCUT2D eigenvalue weighted by Crippen LogP contribution is -2.46.